The number of fused-ring (bicyclic) bond motifs is 2. The van der Waals surface area contributed by atoms with Crippen molar-refractivity contribution < 1.29 is 18.7 Å². The number of carbonyl (C=O) groups excluding carboxylic acids is 1. The van der Waals surface area contributed by atoms with Crippen LogP contribution in [0.4, 0.5) is 0 Å². The molecule has 0 aliphatic carbocycles. The molecular formula is C21H16Cl2O5. The molecule has 0 amide bonds. The first-order chi connectivity index (χ1) is 13.2. The Bertz CT molecular complexity index is 1150. The summed E-state index contributed by atoms with van der Waals surface area (Å²) in [5.74, 6) is 0.0582. The van der Waals surface area contributed by atoms with Crippen molar-refractivity contribution in [3.63, 3.8) is 0 Å². The van der Waals surface area contributed by atoms with Gasteiger partial charge in [0, 0.05) is 29.0 Å². The van der Waals surface area contributed by atoms with Crippen molar-refractivity contribution in [1.29, 1.82) is 0 Å². The number of ether oxygens (including phenoxy) is 2. The van der Waals surface area contributed by atoms with Gasteiger partial charge in [-0.3, -0.25) is 0 Å². The molecule has 0 unspecified atom stereocenters. The van der Waals surface area contributed by atoms with E-state index in [-0.39, 0.29) is 10.6 Å². The first-order valence-corrected chi connectivity index (χ1v) is 9.40. The quantitative estimate of drug-likeness (QED) is 0.440. The number of carbonyl (C=O) groups is 1. The average Bonchev–Trinajstić information content (AvgIpc) is 3.03. The maximum Gasteiger partial charge on any atom is 0.340 e. The van der Waals surface area contributed by atoms with Gasteiger partial charge in [-0.15, -0.1) is 0 Å². The van der Waals surface area contributed by atoms with Crippen LogP contribution in [0.2, 0.25) is 10.0 Å². The lowest BCUT2D eigenvalue weighted by molar-refractivity contribution is -0.0517. The third-order valence-corrected chi connectivity index (χ3v) is 5.31. The Morgan fingerprint density at radius 2 is 1.93 bits per heavy atom. The van der Waals surface area contributed by atoms with Gasteiger partial charge >= 0.3 is 11.6 Å². The predicted octanol–water partition coefficient (Wildman–Crippen LogP) is 5.04. The fourth-order valence-electron chi connectivity index (χ4n) is 3.21. The molecule has 0 radical (unpaired) electrons. The van der Waals surface area contributed by atoms with Crippen molar-refractivity contribution >= 4 is 40.1 Å². The Morgan fingerprint density at radius 1 is 1.14 bits per heavy atom. The molecule has 2 aromatic carbocycles. The van der Waals surface area contributed by atoms with E-state index in [0.29, 0.717) is 22.8 Å². The van der Waals surface area contributed by atoms with E-state index in [1.165, 1.54) is 18.2 Å². The number of hydrogen-bond acceptors (Lipinski definition) is 5. The number of halogens is 2. The first-order valence-electron chi connectivity index (χ1n) is 8.65. The minimum absolute atomic E-state index is 0.227. The van der Waals surface area contributed by atoms with Crippen LogP contribution < -0.4 is 10.4 Å². The maximum absolute atomic E-state index is 12.6. The summed E-state index contributed by atoms with van der Waals surface area (Å²) >= 11 is 12.0. The van der Waals surface area contributed by atoms with Crippen LogP contribution in [0.1, 0.15) is 29.8 Å². The van der Waals surface area contributed by atoms with Gasteiger partial charge in [-0.05, 0) is 49.7 Å². The summed E-state index contributed by atoms with van der Waals surface area (Å²) < 4.78 is 16.9. The molecule has 3 aromatic rings. The molecule has 0 saturated heterocycles. The lowest BCUT2D eigenvalue weighted by atomic mass is 9.96. The van der Waals surface area contributed by atoms with E-state index < -0.39 is 23.3 Å². The molecule has 1 aromatic heterocycles. The van der Waals surface area contributed by atoms with Gasteiger partial charge < -0.3 is 13.9 Å². The molecule has 1 aliphatic rings. The molecule has 0 saturated carbocycles. The Hall–Kier alpha value is -2.50. The first kappa shape index (κ1) is 18.8. The second kappa shape index (κ2) is 6.83. The van der Waals surface area contributed by atoms with E-state index in [1.807, 2.05) is 6.07 Å². The summed E-state index contributed by atoms with van der Waals surface area (Å²) in [6.07, 6.45) is 0.153. The second-order valence-corrected chi connectivity index (χ2v) is 8.02. The van der Waals surface area contributed by atoms with Crippen molar-refractivity contribution in [3.8, 4) is 5.75 Å². The molecule has 144 valence electrons. The minimum Gasteiger partial charge on any atom is -0.485 e. The molecular weight excluding hydrogens is 403 g/mol. The fraction of sp³-hybridized carbons (Fsp3) is 0.238. The van der Waals surface area contributed by atoms with Crippen LogP contribution in [0.15, 0.2) is 51.7 Å². The molecule has 0 N–H and O–H groups in total. The number of benzene rings is 2. The summed E-state index contributed by atoms with van der Waals surface area (Å²) in [4.78, 5) is 24.0. The van der Waals surface area contributed by atoms with Gasteiger partial charge in [0.25, 0.3) is 0 Å². The number of rotatable bonds is 3. The van der Waals surface area contributed by atoms with E-state index >= 15 is 0 Å². The van der Waals surface area contributed by atoms with Crippen LogP contribution in [-0.2, 0) is 11.2 Å². The van der Waals surface area contributed by atoms with Crippen LogP contribution in [0, 0.1) is 0 Å². The Labute approximate surface area is 170 Å². The predicted molar refractivity (Wildman–Crippen MR) is 107 cm³/mol. The van der Waals surface area contributed by atoms with Gasteiger partial charge in [0.15, 0.2) is 0 Å². The topological polar surface area (TPSA) is 65.7 Å². The number of hydrogen-bond donors (Lipinski definition) is 0. The van der Waals surface area contributed by atoms with Gasteiger partial charge in [0.2, 0.25) is 0 Å². The van der Waals surface area contributed by atoms with Crippen molar-refractivity contribution in [1.82, 2.24) is 0 Å². The maximum atomic E-state index is 12.6. The summed E-state index contributed by atoms with van der Waals surface area (Å²) in [6.45, 7) is 3.57. The highest BCUT2D eigenvalue weighted by Crippen LogP contribution is 2.37. The summed E-state index contributed by atoms with van der Waals surface area (Å²) in [5, 5.41) is 1.48. The van der Waals surface area contributed by atoms with Crippen molar-refractivity contribution in [2.75, 3.05) is 0 Å². The van der Waals surface area contributed by atoms with Crippen molar-refractivity contribution in [2.45, 2.75) is 32.0 Å². The highest BCUT2D eigenvalue weighted by Gasteiger charge is 2.40. The van der Waals surface area contributed by atoms with Crippen LogP contribution in [0.3, 0.4) is 0 Å². The van der Waals surface area contributed by atoms with Crippen LogP contribution in [-0.4, -0.2) is 17.7 Å². The van der Waals surface area contributed by atoms with E-state index in [2.05, 4.69) is 0 Å². The molecule has 7 heteroatoms. The molecule has 0 spiro atoms. The van der Waals surface area contributed by atoms with Gasteiger partial charge in [-0.1, -0.05) is 23.2 Å². The van der Waals surface area contributed by atoms with Crippen molar-refractivity contribution in [2.24, 2.45) is 0 Å². The lowest BCUT2D eigenvalue weighted by Gasteiger charge is -2.30. The molecule has 0 bridgehead atoms. The summed E-state index contributed by atoms with van der Waals surface area (Å²) in [7, 11) is 0. The third kappa shape index (κ3) is 3.48. The third-order valence-electron chi connectivity index (χ3n) is 4.76. The van der Waals surface area contributed by atoms with Gasteiger partial charge in [0.05, 0.1) is 10.6 Å². The van der Waals surface area contributed by atoms with Crippen molar-refractivity contribution in [3.05, 3.63) is 74.1 Å². The highest BCUT2D eigenvalue weighted by atomic mass is 35.5. The lowest BCUT2D eigenvalue weighted by Crippen LogP contribution is -2.43. The van der Waals surface area contributed by atoms with Gasteiger partial charge in [-0.25, -0.2) is 9.59 Å². The van der Waals surface area contributed by atoms with E-state index in [4.69, 9.17) is 37.1 Å². The van der Waals surface area contributed by atoms with Crippen LogP contribution >= 0.6 is 23.2 Å². The normalized spacial score (nSPS) is 15.9. The smallest absolute Gasteiger partial charge is 0.340 e. The van der Waals surface area contributed by atoms with E-state index in [1.54, 1.807) is 32.0 Å². The Kier molecular flexibility index (Phi) is 4.60. The molecule has 28 heavy (non-hydrogen) atoms. The molecule has 0 fully saturated rings. The Morgan fingerprint density at radius 3 is 2.68 bits per heavy atom. The standard InChI is InChI=1S/C21H16Cl2O5/c1-21(2,28-20(25)14-5-4-13(22)9-15(14)23)18-8-12-7-11-3-6-19(24)27-16(11)10-17(12)26-18/h3-7,9-10,18H,8H2,1-2H3/t18-/m0/s1. The number of esters is 1. The highest BCUT2D eigenvalue weighted by molar-refractivity contribution is 6.36. The molecule has 5 nitrogen and oxygen atoms in total. The molecule has 1 aliphatic heterocycles. The SMILES string of the molecule is CC(C)(OC(=O)c1ccc(Cl)cc1Cl)[C@@H]1Cc2cc3ccc(=O)oc3cc2O1. The second-order valence-electron chi connectivity index (χ2n) is 7.18. The zero-order valence-electron chi connectivity index (χ0n) is 15.1. The zero-order chi connectivity index (χ0) is 20.1. The monoisotopic (exact) mass is 418 g/mol. The largest absolute Gasteiger partial charge is 0.485 e. The Balaban J connectivity index is 1.56. The fourth-order valence-corrected chi connectivity index (χ4v) is 3.70. The molecule has 4 rings (SSSR count). The summed E-state index contributed by atoms with van der Waals surface area (Å²) in [5.41, 5.74) is 0.305. The van der Waals surface area contributed by atoms with E-state index in [0.717, 1.165) is 10.9 Å². The van der Waals surface area contributed by atoms with Crippen LogP contribution in [0.25, 0.3) is 11.0 Å². The zero-order valence-corrected chi connectivity index (χ0v) is 16.6. The van der Waals surface area contributed by atoms with Crippen LogP contribution in [0.5, 0.6) is 5.75 Å². The molecule has 2 heterocycles. The minimum atomic E-state index is -0.925. The van der Waals surface area contributed by atoms with E-state index in [9.17, 15) is 9.59 Å². The van der Waals surface area contributed by atoms with Gasteiger partial charge in [-0.2, -0.15) is 0 Å². The molecule has 1 atom stereocenters. The average molecular weight is 419 g/mol. The van der Waals surface area contributed by atoms with Gasteiger partial charge in [0.1, 0.15) is 23.0 Å². The summed E-state index contributed by atoms with van der Waals surface area (Å²) in [6, 6.07) is 11.3.